The lowest BCUT2D eigenvalue weighted by Crippen LogP contribution is -2.41. The fourth-order valence-corrected chi connectivity index (χ4v) is 3.88. The largest absolute Gasteiger partial charge is 0.488 e. The van der Waals surface area contributed by atoms with Crippen LogP contribution in [0.2, 0.25) is 5.02 Å². The molecule has 1 aliphatic rings. The molecule has 0 radical (unpaired) electrons. The molecule has 0 atom stereocenters. The Morgan fingerprint density at radius 1 is 1.00 bits per heavy atom. The molecule has 0 aliphatic carbocycles. The Hall–Kier alpha value is -2.83. The second-order valence-corrected chi connectivity index (χ2v) is 7.15. The van der Waals surface area contributed by atoms with E-state index in [-0.39, 0.29) is 5.91 Å². The maximum absolute atomic E-state index is 12.4. The zero-order chi connectivity index (χ0) is 18.1. The van der Waals surface area contributed by atoms with Crippen LogP contribution in [0, 0.1) is 0 Å². The molecule has 0 saturated carbocycles. The van der Waals surface area contributed by atoms with Crippen LogP contribution in [0.4, 0.5) is 0 Å². The number of fused-ring (bicyclic) bond motifs is 3. The van der Waals surface area contributed by atoms with Gasteiger partial charge >= 0.3 is 0 Å². The lowest BCUT2D eigenvalue weighted by atomic mass is 10.1. The van der Waals surface area contributed by atoms with Crippen LogP contribution in [-0.4, -0.2) is 11.8 Å². The van der Waals surface area contributed by atoms with E-state index >= 15 is 0 Å². The number of hydrogen-bond donors (Lipinski definition) is 2. The summed E-state index contributed by atoms with van der Waals surface area (Å²) in [5.74, 6) is 0.0269. The molecule has 2 N–H and O–H groups in total. The maximum atomic E-state index is 12.4. The van der Waals surface area contributed by atoms with Gasteiger partial charge in [0.2, 0.25) is 0 Å². The molecule has 1 aromatic heterocycles. The van der Waals surface area contributed by atoms with Crippen LogP contribution in [0.3, 0.4) is 0 Å². The SMILES string of the molecule is O=C(NNC(=O)c1cc2c(s1)-c1ccccc1OC2)c1ccc(Cl)cc1. The molecule has 2 heterocycles. The highest BCUT2D eigenvalue weighted by atomic mass is 35.5. The summed E-state index contributed by atoms with van der Waals surface area (Å²) in [6, 6.07) is 15.9. The van der Waals surface area contributed by atoms with Crippen molar-refractivity contribution in [2.45, 2.75) is 6.61 Å². The number of thiophene rings is 1. The van der Waals surface area contributed by atoms with Gasteiger partial charge in [-0.25, -0.2) is 0 Å². The zero-order valence-electron chi connectivity index (χ0n) is 13.4. The molecule has 26 heavy (non-hydrogen) atoms. The number of ether oxygens (including phenoxy) is 1. The van der Waals surface area contributed by atoms with Crippen molar-refractivity contribution >= 4 is 34.8 Å². The summed E-state index contributed by atoms with van der Waals surface area (Å²) < 4.78 is 5.70. The van der Waals surface area contributed by atoms with Crippen LogP contribution in [0.5, 0.6) is 5.75 Å². The smallest absolute Gasteiger partial charge is 0.279 e. The monoisotopic (exact) mass is 384 g/mol. The van der Waals surface area contributed by atoms with Crippen LogP contribution < -0.4 is 15.6 Å². The summed E-state index contributed by atoms with van der Waals surface area (Å²) in [5, 5.41) is 0.539. The molecule has 3 aromatic rings. The molecule has 0 saturated heterocycles. The van der Waals surface area contributed by atoms with E-state index in [4.69, 9.17) is 16.3 Å². The number of nitrogens with one attached hydrogen (secondary N) is 2. The van der Waals surface area contributed by atoms with Crippen LogP contribution in [0.1, 0.15) is 25.6 Å². The van der Waals surface area contributed by atoms with E-state index in [1.807, 2.05) is 24.3 Å². The average molecular weight is 385 g/mol. The lowest BCUT2D eigenvalue weighted by molar-refractivity contribution is 0.0849. The Balaban J connectivity index is 1.47. The van der Waals surface area contributed by atoms with Crippen LogP contribution in [-0.2, 0) is 6.61 Å². The second kappa shape index (κ2) is 6.82. The Bertz CT molecular complexity index is 998. The van der Waals surface area contributed by atoms with Crippen molar-refractivity contribution < 1.29 is 14.3 Å². The maximum Gasteiger partial charge on any atom is 0.279 e. The number of benzene rings is 2. The van der Waals surface area contributed by atoms with Crippen LogP contribution in [0.15, 0.2) is 54.6 Å². The van der Waals surface area contributed by atoms with E-state index in [2.05, 4.69) is 10.9 Å². The quantitative estimate of drug-likeness (QED) is 0.655. The Morgan fingerprint density at radius 3 is 2.54 bits per heavy atom. The van der Waals surface area contributed by atoms with Crippen molar-refractivity contribution in [3.05, 3.63) is 75.6 Å². The minimum atomic E-state index is -0.412. The molecule has 0 bridgehead atoms. The highest BCUT2D eigenvalue weighted by Crippen LogP contribution is 2.42. The number of carbonyl (C=O) groups is 2. The van der Waals surface area contributed by atoms with Gasteiger partial charge in [-0.15, -0.1) is 11.3 Å². The number of halogens is 1. The Morgan fingerprint density at radius 2 is 1.73 bits per heavy atom. The van der Waals surface area contributed by atoms with E-state index in [1.54, 1.807) is 30.3 Å². The summed E-state index contributed by atoms with van der Waals surface area (Å²) in [7, 11) is 0. The fourth-order valence-electron chi connectivity index (χ4n) is 2.66. The summed E-state index contributed by atoms with van der Waals surface area (Å²) in [4.78, 5) is 26.0. The van der Waals surface area contributed by atoms with E-state index in [1.165, 1.54) is 11.3 Å². The summed E-state index contributed by atoms with van der Waals surface area (Å²) in [6.07, 6.45) is 0. The standard InChI is InChI=1S/C19H13ClN2O3S/c20-13-7-5-11(6-8-13)18(23)21-22-19(24)16-9-12-10-25-15-4-2-1-3-14(15)17(12)26-16/h1-9H,10H2,(H,21,23)(H,22,24). The van der Waals surface area contributed by atoms with E-state index < -0.39 is 5.91 Å². The Kier molecular flexibility index (Phi) is 4.36. The van der Waals surface area contributed by atoms with Crippen molar-refractivity contribution in [3.8, 4) is 16.2 Å². The van der Waals surface area contributed by atoms with Gasteiger partial charge in [-0.2, -0.15) is 0 Å². The van der Waals surface area contributed by atoms with E-state index in [0.29, 0.717) is 22.1 Å². The first kappa shape index (κ1) is 16.6. The zero-order valence-corrected chi connectivity index (χ0v) is 15.0. The molecule has 5 nitrogen and oxygen atoms in total. The average Bonchev–Trinajstić information content (AvgIpc) is 3.11. The van der Waals surface area contributed by atoms with Gasteiger partial charge < -0.3 is 4.74 Å². The van der Waals surface area contributed by atoms with E-state index in [9.17, 15) is 9.59 Å². The van der Waals surface area contributed by atoms with Gasteiger partial charge in [-0.1, -0.05) is 23.7 Å². The number of para-hydroxylation sites is 1. The van der Waals surface area contributed by atoms with Gasteiger partial charge in [0, 0.05) is 26.6 Å². The number of carbonyl (C=O) groups excluding carboxylic acids is 2. The van der Waals surface area contributed by atoms with Crippen molar-refractivity contribution in [1.29, 1.82) is 0 Å². The van der Waals surface area contributed by atoms with Gasteiger partial charge in [0.25, 0.3) is 11.8 Å². The molecule has 0 unspecified atom stereocenters. The number of rotatable bonds is 2. The van der Waals surface area contributed by atoms with Gasteiger partial charge in [0.1, 0.15) is 12.4 Å². The Labute approximate surface area is 158 Å². The number of hydrogen-bond acceptors (Lipinski definition) is 4. The molecule has 4 rings (SSSR count). The summed E-state index contributed by atoms with van der Waals surface area (Å²) in [5.41, 5.74) is 7.19. The molecule has 1 aliphatic heterocycles. The fraction of sp³-hybridized carbons (Fsp3) is 0.0526. The normalized spacial score (nSPS) is 11.7. The predicted molar refractivity (Wildman–Crippen MR) is 100 cm³/mol. The van der Waals surface area contributed by atoms with Gasteiger partial charge in [0.05, 0.1) is 4.88 Å². The molecule has 130 valence electrons. The molecule has 7 heteroatoms. The van der Waals surface area contributed by atoms with Crippen molar-refractivity contribution in [2.24, 2.45) is 0 Å². The van der Waals surface area contributed by atoms with Crippen molar-refractivity contribution in [3.63, 3.8) is 0 Å². The van der Waals surface area contributed by atoms with E-state index in [0.717, 1.165) is 21.8 Å². The first-order valence-electron chi connectivity index (χ1n) is 7.83. The van der Waals surface area contributed by atoms with Gasteiger partial charge in [-0.05, 0) is 42.5 Å². The van der Waals surface area contributed by atoms with Crippen molar-refractivity contribution in [2.75, 3.05) is 0 Å². The first-order valence-corrected chi connectivity index (χ1v) is 9.02. The molecule has 0 fully saturated rings. The third kappa shape index (κ3) is 3.16. The second-order valence-electron chi connectivity index (χ2n) is 5.66. The minimum Gasteiger partial charge on any atom is -0.488 e. The minimum absolute atomic E-state index is 0.371. The third-order valence-corrected chi connectivity index (χ3v) is 5.40. The van der Waals surface area contributed by atoms with Gasteiger partial charge in [0.15, 0.2) is 0 Å². The predicted octanol–water partition coefficient (Wildman–Crippen LogP) is 4.04. The first-order chi connectivity index (χ1) is 12.6. The number of hydrazine groups is 1. The van der Waals surface area contributed by atoms with Crippen LogP contribution in [0.25, 0.3) is 10.4 Å². The third-order valence-electron chi connectivity index (χ3n) is 3.94. The topological polar surface area (TPSA) is 67.4 Å². The highest BCUT2D eigenvalue weighted by molar-refractivity contribution is 7.17. The van der Waals surface area contributed by atoms with Crippen molar-refractivity contribution in [1.82, 2.24) is 10.9 Å². The van der Waals surface area contributed by atoms with Crippen LogP contribution >= 0.6 is 22.9 Å². The molecular formula is C19H13ClN2O3S. The highest BCUT2D eigenvalue weighted by Gasteiger charge is 2.22. The molecule has 0 spiro atoms. The summed E-state index contributed by atoms with van der Waals surface area (Å²) in [6.45, 7) is 0.424. The van der Waals surface area contributed by atoms with Gasteiger partial charge in [-0.3, -0.25) is 20.4 Å². The number of amides is 2. The molecular weight excluding hydrogens is 372 g/mol. The molecule has 2 amide bonds. The molecule has 2 aromatic carbocycles. The summed E-state index contributed by atoms with van der Waals surface area (Å²) >= 11 is 7.17. The lowest BCUT2D eigenvalue weighted by Gasteiger charge is -2.16.